The van der Waals surface area contributed by atoms with Crippen molar-refractivity contribution in [2.75, 3.05) is 19.7 Å². The van der Waals surface area contributed by atoms with Crippen LogP contribution in [0.5, 0.6) is 0 Å². The predicted molar refractivity (Wildman–Crippen MR) is 81.7 cm³/mol. The fourth-order valence-electron chi connectivity index (χ4n) is 2.24. The van der Waals surface area contributed by atoms with Gasteiger partial charge >= 0.3 is 18.0 Å². The number of carbonyl (C=O) groups is 5. The summed E-state index contributed by atoms with van der Waals surface area (Å²) in [5, 5.41) is 6.87. The topological polar surface area (TPSA) is 134 Å². The number of carbonyl (C=O) groups excluding carboxylic acids is 5. The maximum absolute atomic E-state index is 12.3. The molecule has 0 spiro atoms. The molecule has 1 saturated heterocycles. The Morgan fingerprint density at radius 1 is 1.17 bits per heavy atom. The van der Waals surface area contributed by atoms with E-state index in [2.05, 4.69) is 15.4 Å². The molecule has 0 radical (unpaired) electrons. The van der Waals surface area contributed by atoms with Crippen LogP contribution in [0.15, 0.2) is 0 Å². The molecular weight excluding hydrogens is 320 g/mol. The van der Waals surface area contributed by atoms with Gasteiger partial charge in [0.25, 0.3) is 11.8 Å². The normalized spacial score (nSPS) is 15.7. The molecule has 134 valence electrons. The fraction of sp³-hybridized carbons (Fsp3) is 0.643. The van der Waals surface area contributed by atoms with Gasteiger partial charge in [-0.1, -0.05) is 13.8 Å². The van der Waals surface area contributed by atoms with Crippen LogP contribution in [0.1, 0.15) is 33.6 Å². The lowest BCUT2D eigenvalue weighted by Crippen LogP contribution is -2.46. The number of ether oxygens (including phenoxy) is 1. The zero-order chi connectivity index (χ0) is 18.3. The van der Waals surface area contributed by atoms with Crippen LogP contribution in [0, 0.1) is 0 Å². The third-order valence-electron chi connectivity index (χ3n) is 3.69. The molecule has 0 aromatic heterocycles. The van der Waals surface area contributed by atoms with Crippen molar-refractivity contribution >= 4 is 29.8 Å². The maximum Gasteiger partial charge on any atom is 0.326 e. The quantitative estimate of drug-likeness (QED) is 0.421. The molecule has 0 saturated carbocycles. The summed E-state index contributed by atoms with van der Waals surface area (Å²) in [7, 11) is 0. The summed E-state index contributed by atoms with van der Waals surface area (Å²) in [6, 6.07) is -1.38. The third kappa shape index (κ3) is 4.43. The lowest BCUT2D eigenvalue weighted by Gasteiger charge is -2.22. The second-order valence-electron chi connectivity index (χ2n) is 5.18. The predicted octanol–water partition coefficient (Wildman–Crippen LogP) is -0.514. The minimum Gasteiger partial charge on any atom is -0.454 e. The van der Waals surface area contributed by atoms with Gasteiger partial charge in [-0.05, 0) is 19.8 Å². The molecule has 1 rings (SSSR count). The second-order valence-corrected chi connectivity index (χ2v) is 5.18. The first-order chi connectivity index (χ1) is 11.3. The first-order valence-corrected chi connectivity index (χ1v) is 7.67. The van der Waals surface area contributed by atoms with Crippen LogP contribution in [0.25, 0.3) is 0 Å². The average molecular weight is 342 g/mol. The summed E-state index contributed by atoms with van der Waals surface area (Å²) >= 11 is 0. The number of esters is 1. The van der Waals surface area contributed by atoms with Gasteiger partial charge in [-0.15, -0.1) is 0 Å². The number of amides is 6. The number of nitrogens with zero attached hydrogens (tertiary/aromatic N) is 1. The van der Waals surface area contributed by atoms with Crippen molar-refractivity contribution in [3.63, 3.8) is 0 Å². The van der Waals surface area contributed by atoms with Gasteiger partial charge in [-0.3, -0.25) is 24.6 Å². The molecule has 1 aliphatic heterocycles. The Morgan fingerprint density at radius 2 is 1.79 bits per heavy atom. The van der Waals surface area contributed by atoms with Gasteiger partial charge in [0.2, 0.25) is 0 Å². The molecule has 6 amide bonds. The van der Waals surface area contributed by atoms with Crippen molar-refractivity contribution in [3.8, 4) is 0 Å². The van der Waals surface area contributed by atoms with E-state index in [-0.39, 0.29) is 0 Å². The molecule has 1 heterocycles. The Bertz CT molecular complexity index is 543. The molecule has 24 heavy (non-hydrogen) atoms. The molecule has 0 atom stereocenters. The van der Waals surface area contributed by atoms with E-state index >= 15 is 0 Å². The van der Waals surface area contributed by atoms with Crippen LogP contribution in [0.3, 0.4) is 0 Å². The highest BCUT2D eigenvalue weighted by Gasteiger charge is 2.49. The summed E-state index contributed by atoms with van der Waals surface area (Å²) in [5.41, 5.74) is -1.01. The second kappa shape index (κ2) is 8.27. The summed E-state index contributed by atoms with van der Waals surface area (Å²) in [4.78, 5) is 59.1. The Kier molecular flexibility index (Phi) is 6.69. The number of nitrogens with one attached hydrogen (secondary N) is 3. The SMILES string of the molecule is CCNC(=O)NC(=O)COC(=O)CN1C(=O)NC(CC)(CC)C1=O. The van der Waals surface area contributed by atoms with Gasteiger partial charge in [0, 0.05) is 6.54 Å². The Hall–Kier alpha value is -2.65. The molecule has 0 aromatic carbocycles. The first kappa shape index (κ1) is 19.4. The smallest absolute Gasteiger partial charge is 0.326 e. The van der Waals surface area contributed by atoms with E-state index in [4.69, 9.17) is 0 Å². The van der Waals surface area contributed by atoms with Crippen molar-refractivity contribution in [2.24, 2.45) is 0 Å². The lowest BCUT2D eigenvalue weighted by atomic mass is 9.93. The molecule has 0 aromatic rings. The summed E-state index contributed by atoms with van der Waals surface area (Å²) in [5.74, 6) is -2.24. The number of rotatable bonds is 7. The van der Waals surface area contributed by atoms with Crippen LogP contribution < -0.4 is 16.0 Å². The Labute approximate surface area is 139 Å². The molecule has 0 unspecified atom stereocenters. The third-order valence-corrected chi connectivity index (χ3v) is 3.69. The zero-order valence-electron chi connectivity index (χ0n) is 13.9. The Morgan fingerprint density at radius 3 is 2.29 bits per heavy atom. The monoisotopic (exact) mass is 342 g/mol. The van der Waals surface area contributed by atoms with Gasteiger partial charge in [-0.25, -0.2) is 9.59 Å². The molecule has 0 bridgehead atoms. The highest BCUT2D eigenvalue weighted by Crippen LogP contribution is 2.24. The largest absolute Gasteiger partial charge is 0.454 e. The van der Waals surface area contributed by atoms with Crippen molar-refractivity contribution in [1.29, 1.82) is 0 Å². The standard InChI is InChI=1S/C14H22N4O6/c1-4-14(5-2)11(21)18(13(23)17-14)7-10(20)24-8-9(19)16-12(22)15-6-3/h4-8H2,1-3H3,(H,17,23)(H2,15,16,19,22). The molecule has 1 fully saturated rings. The molecule has 3 N–H and O–H groups in total. The highest BCUT2D eigenvalue weighted by molar-refractivity contribution is 6.08. The summed E-state index contributed by atoms with van der Waals surface area (Å²) in [6.07, 6.45) is 0.795. The van der Waals surface area contributed by atoms with E-state index in [9.17, 15) is 24.0 Å². The van der Waals surface area contributed by atoms with Gasteiger partial charge in [0.15, 0.2) is 6.61 Å². The minimum atomic E-state index is -1.01. The van der Waals surface area contributed by atoms with E-state index < -0.39 is 48.5 Å². The molecular formula is C14H22N4O6. The summed E-state index contributed by atoms with van der Waals surface area (Å²) in [6.45, 7) is 4.24. The summed E-state index contributed by atoms with van der Waals surface area (Å²) < 4.78 is 4.67. The van der Waals surface area contributed by atoms with Crippen molar-refractivity contribution in [1.82, 2.24) is 20.9 Å². The van der Waals surface area contributed by atoms with Gasteiger partial charge in [0.05, 0.1) is 0 Å². The molecule has 1 aliphatic rings. The van der Waals surface area contributed by atoms with Crippen molar-refractivity contribution < 1.29 is 28.7 Å². The number of urea groups is 2. The lowest BCUT2D eigenvalue weighted by molar-refractivity contribution is -0.151. The van der Waals surface area contributed by atoms with Gasteiger partial charge in [0.1, 0.15) is 12.1 Å². The number of hydrogen-bond donors (Lipinski definition) is 3. The molecule has 10 nitrogen and oxygen atoms in total. The van der Waals surface area contributed by atoms with Crippen molar-refractivity contribution in [3.05, 3.63) is 0 Å². The van der Waals surface area contributed by atoms with Crippen LogP contribution in [-0.2, 0) is 19.1 Å². The molecule has 10 heteroatoms. The van der Waals surface area contributed by atoms with Crippen LogP contribution in [-0.4, -0.2) is 60.0 Å². The van der Waals surface area contributed by atoms with E-state index in [0.29, 0.717) is 19.4 Å². The molecule has 0 aliphatic carbocycles. The highest BCUT2D eigenvalue weighted by atomic mass is 16.5. The van der Waals surface area contributed by atoms with Gasteiger partial charge in [-0.2, -0.15) is 0 Å². The van der Waals surface area contributed by atoms with Crippen LogP contribution in [0.4, 0.5) is 9.59 Å². The average Bonchev–Trinajstić information content (AvgIpc) is 2.77. The van der Waals surface area contributed by atoms with E-state index in [1.165, 1.54) is 0 Å². The maximum atomic E-state index is 12.3. The number of imide groups is 2. The van der Waals surface area contributed by atoms with Gasteiger partial charge < -0.3 is 15.4 Å². The minimum absolute atomic E-state index is 0.335. The van der Waals surface area contributed by atoms with E-state index in [1.807, 2.05) is 5.32 Å². The van der Waals surface area contributed by atoms with E-state index in [0.717, 1.165) is 4.90 Å². The van der Waals surface area contributed by atoms with Crippen LogP contribution in [0.2, 0.25) is 0 Å². The Balaban J connectivity index is 2.51. The van der Waals surface area contributed by atoms with E-state index in [1.54, 1.807) is 20.8 Å². The number of hydrogen-bond acceptors (Lipinski definition) is 6. The van der Waals surface area contributed by atoms with Crippen molar-refractivity contribution in [2.45, 2.75) is 39.2 Å². The first-order valence-electron chi connectivity index (χ1n) is 7.67. The van der Waals surface area contributed by atoms with Crippen LogP contribution >= 0.6 is 0 Å². The fourth-order valence-corrected chi connectivity index (χ4v) is 2.24. The zero-order valence-corrected chi connectivity index (χ0v) is 13.9.